The maximum atomic E-state index is 5.63. The largest absolute Gasteiger partial charge is 0.377 e. The number of piperidine rings is 1. The van der Waals surface area contributed by atoms with Crippen molar-refractivity contribution in [1.82, 2.24) is 15.3 Å². The molecular formula is C15H26N4O. The van der Waals surface area contributed by atoms with Gasteiger partial charge in [0.05, 0.1) is 5.60 Å². The number of aromatic nitrogens is 2. The molecule has 1 fully saturated rings. The van der Waals surface area contributed by atoms with Crippen molar-refractivity contribution in [2.75, 3.05) is 31.6 Å². The fourth-order valence-electron chi connectivity index (χ4n) is 2.61. The Morgan fingerprint density at radius 2 is 2.30 bits per heavy atom. The molecule has 1 aromatic heterocycles. The van der Waals surface area contributed by atoms with E-state index in [0.717, 1.165) is 50.7 Å². The van der Waals surface area contributed by atoms with Gasteiger partial charge in [0.2, 0.25) is 5.95 Å². The lowest BCUT2D eigenvalue weighted by molar-refractivity contribution is -0.00499. The van der Waals surface area contributed by atoms with Gasteiger partial charge in [-0.15, -0.1) is 0 Å². The molecular weight excluding hydrogens is 252 g/mol. The Kier molecular flexibility index (Phi) is 4.94. The molecule has 0 saturated carbocycles. The molecule has 1 N–H and O–H groups in total. The molecule has 0 amide bonds. The fraction of sp³-hybridized carbons (Fsp3) is 0.733. The number of ether oxygens (including phenoxy) is 1. The van der Waals surface area contributed by atoms with E-state index in [-0.39, 0.29) is 5.60 Å². The van der Waals surface area contributed by atoms with E-state index >= 15 is 0 Å². The van der Waals surface area contributed by atoms with Crippen LogP contribution in [0.2, 0.25) is 0 Å². The van der Waals surface area contributed by atoms with Gasteiger partial charge in [-0.2, -0.15) is 0 Å². The Bertz CT molecular complexity index is 451. The molecule has 5 nitrogen and oxygen atoms in total. The predicted octanol–water partition coefficient (Wildman–Crippen LogP) is 1.90. The monoisotopic (exact) mass is 278 g/mol. The Morgan fingerprint density at radius 3 is 2.95 bits per heavy atom. The number of methoxy groups -OCH3 is 1. The maximum absolute atomic E-state index is 5.63. The molecule has 0 aliphatic carbocycles. The van der Waals surface area contributed by atoms with Crippen molar-refractivity contribution < 1.29 is 4.74 Å². The number of anilines is 1. The zero-order valence-corrected chi connectivity index (χ0v) is 13.1. The highest BCUT2D eigenvalue weighted by Crippen LogP contribution is 2.26. The van der Waals surface area contributed by atoms with Crippen LogP contribution < -0.4 is 10.2 Å². The lowest BCUT2D eigenvalue weighted by Gasteiger charge is -2.39. The number of rotatable bonds is 5. The van der Waals surface area contributed by atoms with Crippen molar-refractivity contribution in [1.29, 1.82) is 0 Å². The van der Waals surface area contributed by atoms with Crippen molar-refractivity contribution >= 4 is 5.95 Å². The molecule has 1 saturated heterocycles. The first kappa shape index (κ1) is 15.2. The summed E-state index contributed by atoms with van der Waals surface area (Å²) in [6, 6.07) is 0. The number of nitrogens with zero attached hydrogens (tertiary/aromatic N) is 3. The quantitative estimate of drug-likeness (QED) is 0.891. The minimum atomic E-state index is -0.0854. The number of nitrogens with one attached hydrogen (secondary N) is 1. The van der Waals surface area contributed by atoms with Gasteiger partial charge in [0.15, 0.2) is 0 Å². The summed E-state index contributed by atoms with van der Waals surface area (Å²) < 4.78 is 5.63. The average molecular weight is 278 g/mol. The molecule has 1 atom stereocenters. The number of hydrogen-bond acceptors (Lipinski definition) is 5. The summed E-state index contributed by atoms with van der Waals surface area (Å²) in [6.07, 6.45) is 4.16. The van der Waals surface area contributed by atoms with Crippen LogP contribution in [0.3, 0.4) is 0 Å². The van der Waals surface area contributed by atoms with E-state index in [1.54, 1.807) is 7.11 Å². The zero-order chi connectivity index (χ0) is 14.6. The van der Waals surface area contributed by atoms with Gasteiger partial charge in [0.1, 0.15) is 0 Å². The van der Waals surface area contributed by atoms with Gasteiger partial charge in [-0.25, -0.2) is 9.97 Å². The van der Waals surface area contributed by atoms with Crippen molar-refractivity contribution in [2.24, 2.45) is 0 Å². The van der Waals surface area contributed by atoms with Crippen molar-refractivity contribution in [3.05, 3.63) is 17.5 Å². The van der Waals surface area contributed by atoms with Gasteiger partial charge in [0.25, 0.3) is 0 Å². The minimum Gasteiger partial charge on any atom is -0.377 e. The molecule has 112 valence electrons. The molecule has 0 radical (unpaired) electrons. The van der Waals surface area contributed by atoms with Crippen LogP contribution in [0.15, 0.2) is 6.20 Å². The summed E-state index contributed by atoms with van der Waals surface area (Å²) in [5.41, 5.74) is 2.14. The standard InChI is InChI=1S/C15H26N4O/c1-5-16-9-13-10-17-14(18-12(13)2)19-8-6-7-15(3,11-19)20-4/h10,16H,5-9,11H2,1-4H3. The van der Waals surface area contributed by atoms with E-state index in [0.29, 0.717) is 0 Å². The van der Waals surface area contributed by atoms with Crippen LogP contribution in [0.5, 0.6) is 0 Å². The Morgan fingerprint density at radius 1 is 1.50 bits per heavy atom. The second kappa shape index (κ2) is 6.50. The third kappa shape index (κ3) is 3.46. The van der Waals surface area contributed by atoms with E-state index in [1.807, 2.05) is 6.20 Å². The summed E-state index contributed by atoms with van der Waals surface area (Å²) >= 11 is 0. The van der Waals surface area contributed by atoms with Crippen molar-refractivity contribution in [3.8, 4) is 0 Å². The molecule has 1 aliphatic heterocycles. The molecule has 0 bridgehead atoms. The van der Waals surface area contributed by atoms with Crippen LogP contribution in [0.1, 0.15) is 37.9 Å². The van der Waals surface area contributed by atoms with E-state index in [1.165, 1.54) is 5.56 Å². The second-order valence-electron chi connectivity index (χ2n) is 5.74. The fourth-order valence-corrected chi connectivity index (χ4v) is 2.61. The SMILES string of the molecule is CCNCc1cnc(N2CCCC(C)(OC)C2)nc1C. The molecule has 0 aromatic carbocycles. The summed E-state index contributed by atoms with van der Waals surface area (Å²) in [7, 11) is 1.79. The van der Waals surface area contributed by atoms with E-state index in [9.17, 15) is 0 Å². The summed E-state index contributed by atoms with van der Waals surface area (Å²) in [6.45, 7) is 9.96. The Labute approximate surface area is 121 Å². The lowest BCUT2D eigenvalue weighted by Crippen LogP contribution is -2.48. The van der Waals surface area contributed by atoms with Crippen LogP contribution in [0, 0.1) is 6.92 Å². The molecule has 1 unspecified atom stereocenters. The molecule has 1 aliphatic rings. The van der Waals surface area contributed by atoms with Gasteiger partial charge in [-0.05, 0) is 33.2 Å². The number of aryl methyl sites for hydroxylation is 1. The summed E-state index contributed by atoms with van der Waals surface area (Å²) in [5.74, 6) is 0.825. The van der Waals surface area contributed by atoms with Crippen LogP contribution in [-0.2, 0) is 11.3 Å². The van der Waals surface area contributed by atoms with Crippen molar-refractivity contribution in [3.63, 3.8) is 0 Å². The van der Waals surface area contributed by atoms with Crippen LogP contribution in [-0.4, -0.2) is 42.3 Å². The highest BCUT2D eigenvalue weighted by molar-refractivity contribution is 5.34. The Balaban J connectivity index is 2.11. The molecule has 1 aromatic rings. The first-order valence-electron chi connectivity index (χ1n) is 7.41. The molecule has 2 heterocycles. The second-order valence-corrected chi connectivity index (χ2v) is 5.74. The van der Waals surface area contributed by atoms with Crippen LogP contribution in [0.4, 0.5) is 5.95 Å². The normalized spacial score (nSPS) is 23.1. The molecule has 5 heteroatoms. The van der Waals surface area contributed by atoms with E-state index < -0.39 is 0 Å². The van der Waals surface area contributed by atoms with Gasteiger partial charge in [0, 0.05) is 44.2 Å². The van der Waals surface area contributed by atoms with Gasteiger partial charge in [-0.1, -0.05) is 6.92 Å². The maximum Gasteiger partial charge on any atom is 0.225 e. The van der Waals surface area contributed by atoms with Gasteiger partial charge in [-0.3, -0.25) is 0 Å². The summed E-state index contributed by atoms with van der Waals surface area (Å²) in [5, 5.41) is 3.31. The first-order chi connectivity index (χ1) is 9.58. The predicted molar refractivity (Wildman–Crippen MR) is 81.0 cm³/mol. The molecule has 20 heavy (non-hydrogen) atoms. The van der Waals surface area contributed by atoms with Crippen LogP contribution >= 0.6 is 0 Å². The molecule has 2 rings (SSSR count). The average Bonchev–Trinajstić information content (AvgIpc) is 2.46. The van der Waals surface area contributed by atoms with Gasteiger partial charge < -0.3 is 15.0 Å². The zero-order valence-electron chi connectivity index (χ0n) is 13.1. The highest BCUT2D eigenvalue weighted by atomic mass is 16.5. The topological polar surface area (TPSA) is 50.3 Å². The Hall–Kier alpha value is -1.20. The van der Waals surface area contributed by atoms with Crippen molar-refractivity contribution in [2.45, 2.75) is 45.8 Å². The molecule has 0 spiro atoms. The van der Waals surface area contributed by atoms with E-state index in [4.69, 9.17) is 4.74 Å². The van der Waals surface area contributed by atoms with Crippen LogP contribution in [0.25, 0.3) is 0 Å². The minimum absolute atomic E-state index is 0.0854. The summed E-state index contributed by atoms with van der Waals surface area (Å²) in [4.78, 5) is 11.4. The smallest absolute Gasteiger partial charge is 0.225 e. The number of hydrogen-bond donors (Lipinski definition) is 1. The third-order valence-corrected chi connectivity index (χ3v) is 4.07. The van der Waals surface area contributed by atoms with E-state index in [2.05, 4.69) is 41.0 Å². The first-order valence-corrected chi connectivity index (χ1v) is 7.41. The van der Waals surface area contributed by atoms with Gasteiger partial charge >= 0.3 is 0 Å². The third-order valence-electron chi connectivity index (χ3n) is 4.07. The highest BCUT2D eigenvalue weighted by Gasteiger charge is 2.31. The lowest BCUT2D eigenvalue weighted by atomic mass is 9.95.